The summed E-state index contributed by atoms with van der Waals surface area (Å²) < 4.78 is 15.4. The number of nitriles is 1. The van der Waals surface area contributed by atoms with Gasteiger partial charge in [0.25, 0.3) is 6.71 Å². The number of rotatable bonds is 2. The van der Waals surface area contributed by atoms with E-state index in [9.17, 15) is 9.65 Å². The fourth-order valence-corrected chi connectivity index (χ4v) is 3.15. The largest absolute Gasteiger partial charge is 0.276 e. The van der Waals surface area contributed by atoms with E-state index in [1.165, 1.54) is 12.1 Å². The Morgan fingerprint density at radius 3 is 2.95 bits per heavy atom. The topological polar surface area (TPSA) is 41.6 Å². The van der Waals surface area contributed by atoms with Gasteiger partial charge in [-0.05, 0) is 44.2 Å². The van der Waals surface area contributed by atoms with E-state index in [1.54, 1.807) is 6.07 Å². The van der Waals surface area contributed by atoms with Crippen molar-refractivity contribution in [2.45, 2.75) is 38.4 Å². The predicted molar refractivity (Wildman–Crippen MR) is 81.4 cm³/mol. The summed E-state index contributed by atoms with van der Waals surface area (Å²) in [5.41, 5.74) is 2.49. The minimum absolute atomic E-state index is 0.0273. The summed E-state index contributed by atoms with van der Waals surface area (Å²) in [6.07, 6.45) is 2.45. The van der Waals surface area contributed by atoms with Crippen LogP contribution in [0.4, 0.5) is 4.39 Å². The van der Waals surface area contributed by atoms with E-state index >= 15 is 0 Å². The Morgan fingerprint density at radius 2 is 2.29 bits per heavy atom. The van der Waals surface area contributed by atoms with Crippen molar-refractivity contribution < 1.29 is 4.39 Å². The van der Waals surface area contributed by atoms with Gasteiger partial charge in [0, 0.05) is 17.2 Å². The number of halogens is 1. The average Bonchev–Trinajstić information content (AvgIpc) is 2.92. The molecular weight excluding hydrogens is 264 g/mol. The molecule has 5 heteroatoms. The second-order valence-corrected chi connectivity index (χ2v) is 6.03. The summed E-state index contributed by atoms with van der Waals surface area (Å²) in [4.78, 5) is 0. The summed E-state index contributed by atoms with van der Waals surface area (Å²) in [7, 11) is 0. The maximum Gasteiger partial charge on any atom is 0.276 e. The summed E-state index contributed by atoms with van der Waals surface area (Å²) in [5, 5.41) is 14.0. The van der Waals surface area contributed by atoms with E-state index < -0.39 is 0 Å². The van der Waals surface area contributed by atoms with Crippen molar-refractivity contribution >= 4 is 6.71 Å². The van der Waals surface area contributed by atoms with Crippen LogP contribution in [0.3, 0.4) is 0 Å². The number of hydrogen-bond acceptors (Lipinski definition) is 2. The van der Waals surface area contributed by atoms with Gasteiger partial charge in [-0.15, -0.1) is 0 Å². The molecule has 1 aromatic heterocycles. The van der Waals surface area contributed by atoms with Crippen LogP contribution in [0.1, 0.15) is 26.0 Å². The molecule has 1 aliphatic heterocycles. The minimum atomic E-state index is -0.258. The molecule has 0 saturated carbocycles. The second-order valence-electron chi connectivity index (χ2n) is 6.03. The fourth-order valence-electron chi connectivity index (χ4n) is 3.15. The minimum Gasteiger partial charge on any atom is -0.264 e. The number of benzene rings is 1. The van der Waals surface area contributed by atoms with Crippen LogP contribution in [-0.2, 0) is 11.9 Å². The molecule has 0 amide bonds. The van der Waals surface area contributed by atoms with Crippen molar-refractivity contribution in [2.75, 3.05) is 0 Å². The molecule has 3 rings (SSSR count). The zero-order valence-electron chi connectivity index (χ0n) is 12.3. The molecule has 0 saturated heterocycles. The van der Waals surface area contributed by atoms with Gasteiger partial charge in [0.15, 0.2) is 0 Å². The molecule has 1 atom stereocenters. The van der Waals surface area contributed by atoms with Crippen LogP contribution in [0, 0.1) is 17.0 Å². The number of fused-ring (bicyclic) bond motifs is 1. The van der Waals surface area contributed by atoms with Gasteiger partial charge >= 0.3 is 0 Å². The van der Waals surface area contributed by atoms with Gasteiger partial charge in [0.05, 0.1) is 11.2 Å². The molecule has 1 unspecified atom stereocenters. The standard InChI is InChI=1S/C16H17BFN3/c1-3-16(2)10-17(11-19)9-14-8-15(20-21(14)16)12-5-4-6-13(18)7-12/h4-8H,3,9-10H2,1-2H3. The summed E-state index contributed by atoms with van der Waals surface area (Å²) >= 11 is 0. The van der Waals surface area contributed by atoms with Crippen LogP contribution < -0.4 is 0 Å². The van der Waals surface area contributed by atoms with Crippen molar-refractivity contribution in [1.29, 1.82) is 5.26 Å². The Morgan fingerprint density at radius 1 is 1.48 bits per heavy atom. The third-order valence-electron chi connectivity index (χ3n) is 4.50. The molecule has 0 bridgehead atoms. The van der Waals surface area contributed by atoms with Crippen molar-refractivity contribution in [1.82, 2.24) is 9.78 Å². The number of hydrogen-bond donors (Lipinski definition) is 0. The van der Waals surface area contributed by atoms with Crippen LogP contribution in [-0.4, -0.2) is 16.5 Å². The van der Waals surface area contributed by atoms with E-state index in [0.717, 1.165) is 29.7 Å². The lowest BCUT2D eigenvalue weighted by Crippen LogP contribution is -2.42. The number of nitrogens with zero attached hydrogens (tertiary/aromatic N) is 3. The highest BCUT2D eigenvalue weighted by molar-refractivity contribution is 6.66. The van der Waals surface area contributed by atoms with Crippen LogP contribution in [0.25, 0.3) is 11.3 Å². The zero-order chi connectivity index (χ0) is 15.0. The lowest BCUT2D eigenvalue weighted by atomic mass is 9.41. The molecule has 2 aromatic rings. The monoisotopic (exact) mass is 281 g/mol. The lowest BCUT2D eigenvalue weighted by Gasteiger charge is -2.35. The molecule has 3 nitrogen and oxygen atoms in total. The molecule has 0 N–H and O–H groups in total. The highest BCUT2D eigenvalue weighted by Crippen LogP contribution is 2.35. The van der Waals surface area contributed by atoms with E-state index in [1.807, 2.05) is 16.8 Å². The first-order valence-electron chi connectivity index (χ1n) is 7.31. The van der Waals surface area contributed by atoms with Crippen LogP contribution >= 0.6 is 0 Å². The van der Waals surface area contributed by atoms with Gasteiger partial charge in [-0.25, -0.2) is 9.65 Å². The van der Waals surface area contributed by atoms with Gasteiger partial charge in [-0.2, -0.15) is 5.10 Å². The van der Waals surface area contributed by atoms with Gasteiger partial charge in [-0.1, -0.05) is 19.1 Å². The smallest absolute Gasteiger partial charge is 0.264 e. The molecule has 106 valence electrons. The van der Waals surface area contributed by atoms with Crippen LogP contribution in [0.5, 0.6) is 0 Å². The Balaban J connectivity index is 2.08. The lowest BCUT2D eigenvalue weighted by molar-refractivity contribution is 0.291. The van der Waals surface area contributed by atoms with E-state index in [4.69, 9.17) is 5.10 Å². The highest BCUT2D eigenvalue weighted by atomic mass is 19.1. The first kappa shape index (κ1) is 13.9. The molecule has 21 heavy (non-hydrogen) atoms. The van der Waals surface area contributed by atoms with E-state index in [0.29, 0.717) is 6.32 Å². The molecule has 1 aliphatic rings. The maximum atomic E-state index is 13.4. The van der Waals surface area contributed by atoms with Gasteiger partial charge in [0.2, 0.25) is 0 Å². The molecule has 0 aliphatic carbocycles. The first-order chi connectivity index (χ1) is 10.1. The zero-order valence-corrected chi connectivity index (χ0v) is 12.3. The molecule has 1 aromatic carbocycles. The van der Waals surface area contributed by atoms with E-state index in [2.05, 4.69) is 19.8 Å². The van der Waals surface area contributed by atoms with Crippen LogP contribution in [0.2, 0.25) is 6.32 Å². The Bertz CT molecular complexity index is 719. The molecule has 2 heterocycles. The van der Waals surface area contributed by atoms with E-state index in [-0.39, 0.29) is 18.1 Å². The number of aromatic nitrogens is 2. The Labute approximate surface area is 124 Å². The SMILES string of the molecule is CCC1(C)CB(C#N)Cc2cc(-c3cccc(F)c3)nn21. The van der Waals surface area contributed by atoms with Crippen molar-refractivity contribution in [3.63, 3.8) is 0 Å². The van der Waals surface area contributed by atoms with Gasteiger partial charge < -0.3 is 0 Å². The maximum absolute atomic E-state index is 13.4. The predicted octanol–water partition coefficient (Wildman–Crippen LogP) is 3.47. The molecule has 0 radical (unpaired) electrons. The first-order valence-corrected chi connectivity index (χ1v) is 7.31. The van der Waals surface area contributed by atoms with Crippen molar-refractivity contribution in [2.24, 2.45) is 0 Å². The fraction of sp³-hybridized carbons (Fsp3) is 0.375. The normalized spacial score (nSPS) is 21.0. The third kappa shape index (κ3) is 2.35. The Kier molecular flexibility index (Phi) is 3.33. The summed E-state index contributed by atoms with van der Waals surface area (Å²) in [6, 6.07) is 8.48. The second kappa shape index (κ2) is 5.03. The molecule has 0 spiro atoms. The highest BCUT2D eigenvalue weighted by Gasteiger charge is 2.38. The average molecular weight is 281 g/mol. The van der Waals surface area contributed by atoms with Crippen LogP contribution in [0.15, 0.2) is 30.3 Å². The quantitative estimate of drug-likeness (QED) is 0.791. The van der Waals surface area contributed by atoms with Crippen molar-refractivity contribution in [3.05, 3.63) is 41.8 Å². The Hall–Kier alpha value is -2.09. The molecular formula is C16H17BFN3. The summed E-state index contributed by atoms with van der Waals surface area (Å²) in [6.45, 7) is 4.29. The van der Waals surface area contributed by atoms with Gasteiger partial charge in [0.1, 0.15) is 5.82 Å². The molecule has 0 fully saturated rings. The van der Waals surface area contributed by atoms with Crippen molar-refractivity contribution in [3.8, 4) is 17.2 Å². The summed E-state index contributed by atoms with van der Waals surface area (Å²) in [5.74, 6) is 2.13. The van der Waals surface area contributed by atoms with Gasteiger partial charge in [-0.3, -0.25) is 4.68 Å². The third-order valence-corrected chi connectivity index (χ3v) is 4.50.